The van der Waals surface area contributed by atoms with Crippen LogP contribution in [0.4, 0.5) is 11.8 Å². The van der Waals surface area contributed by atoms with E-state index in [0.717, 1.165) is 50.1 Å². The number of imidazole rings is 1. The maximum Gasteiger partial charge on any atom is 0.222 e. The summed E-state index contributed by atoms with van der Waals surface area (Å²) in [5.41, 5.74) is 7.17. The Balaban J connectivity index is 1.43. The van der Waals surface area contributed by atoms with Gasteiger partial charge in [-0.3, -0.25) is 0 Å². The van der Waals surface area contributed by atoms with E-state index >= 15 is 0 Å². The van der Waals surface area contributed by atoms with Gasteiger partial charge in [0.25, 0.3) is 0 Å². The van der Waals surface area contributed by atoms with E-state index in [4.69, 9.17) is 10.5 Å². The van der Waals surface area contributed by atoms with E-state index in [1.807, 2.05) is 19.2 Å². The molecule has 0 bridgehead atoms. The van der Waals surface area contributed by atoms with Crippen LogP contribution in [0.1, 0.15) is 36.7 Å². The molecular formula is C17H24N6O. The zero-order chi connectivity index (χ0) is 16.6. The second-order valence-corrected chi connectivity index (χ2v) is 7.05. The molecule has 1 aliphatic heterocycles. The SMILES string of the molecule is Cc1nccn1CC1(CNc2cc([C@@H]3CCOC3)nc(N)n2)CC1. The van der Waals surface area contributed by atoms with Crippen LogP contribution in [0.3, 0.4) is 0 Å². The Hall–Kier alpha value is -2.15. The highest BCUT2D eigenvalue weighted by molar-refractivity contribution is 5.42. The highest BCUT2D eigenvalue weighted by Gasteiger charge is 2.43. The van der Waals surface area contributed by atoms with Crippen molar-refractivity contribution in [3.63, 3.8) is 0 Å². The minimum absolute atomic E-state index is 0.293. The summed E-state index contributed by atoms with van der Waals surface area (Å²) in [5.74, 6) is 2.55. The van der Waals surface area contributed by atoms with Gasteiger partial charge in [-0.1, -0.05) is 0 Å². The summed E-state index contributed by atoms with van der Waals surface area (Å²) in [5, 5.41) is 3.48. The molecule has 2 aromatic rings. The number of ether oxygens (including phenoxy) is 1. The molecule has 24 heavy (non-hydrogen) atoms. The first-order valence-corrected chi connectivity index (χ1v) is 8.57. The molecule has 0 aromatic carbocycles. The van der Waals surface area contributed by atoms with Gasteiger partial charge in [0.1, 0.15) is 11.6 Å². The molecule has 0 unspecified atom stereocenters. The largest absolute Gasteiger partial charge is 0.381 e. The number of nitrogens with zero attached hydrogens (tertiary/aromatic N) is 4. The first-order valence-electron chi connectivity index (χ1n) is 8.57. The summed E-state index contributed by atoms with van der Waals surface area (Å²) in [6.07, 6.45) is 7.36. The van der Waals surface area contributed by atoms with Gasteiger partial charge in [-0.25, -0.2) is 9.97 Å². The number of rotatable bonds is 6. The van der Waals surface area contributed by atoms with Gasteiger partial charge in [0.15, 0.2) is 0 Å². The lowest BCUT2D eigenvalue weighted by Gasteiger charge is -2.18. The highest BCUT2D eigenvalue weighted by atomic mass is 16.5. The molecule has 4 rings (SSSR count). The fourth-order valence-electron chi connectivity index (χ4n) is 3.33. The van der Waals surface area contributed by atoms with Crippen molar-refractivity contribution in [2.75, 3.05) is 30.8 Å². The monoisotopic (exact) mass is 328 g/mol. The van der Waals surface area contributed by atoms with Gasteiger partial charge in [0.05, 0.1) is 12.3 Å². The molecule has 0 radical (unpaired) electrons. The number of aryl methyl sites for hydroxylation is 1. The lowest BCUT2D eigenvalue weighted by molar-refractivity contribution is 0.193. The predicted octanol–water partition coefficient (Wildman–Crippen LogP) is 1.96. The van der Waals surface area contributed by atoms with Crippen molar-refractivity contribution < 1.29 is 4.74 Å². The second kappa shape index (κ2) is 6.05. The molecule has 7 nitrogen and oxygen atoms in total. The minimum atomic E-state index is 0.293. The maximum atomic E-state index is 5.90. The topological polar surface area (TPSA) is 90.9 Å². The molecule has 1 saturated heterocycles. The van der Waals surface area contributed by atoms with Crippen LogP contribution in [0.15, 0.2) is 18.5 Å². The lowest BCUT2D eigenvalue weighted by Crippen LogP contribution is -2.22. The Bertz CT molecular complexity index is 718. The molecule has 1 atom stereocenters. The van der Waals surface area contributed by atoms with E-state index in [-0.39, 0.29) is 0 Å². The van der Waals surface area contributed by atoms with E-state index < -0.39 is 0 Å². The summed E-state index contributed by atoms with van der Waals surface area (Å²) in [6.45, 7) is 5.45. The number of anilines is 2. The molecular weight excluding hydrogens is 304 g/mol. The molecule has 1 saturated carbocycles. The van der Waals surface area contributed by atoms with Crippen molar-refractivity contribution in [1.29, 1.82) is 0 Å². The number of hydrogen-bond acceptors (Lipinski definition) is 6. The quantitative estimate of drug-likeness (QED) is 0.842. The van der Waals surface area contributed by atoms with E-state index in [1.54, 1.807) is 0 Å². The predicted molar refractivity (Wildman–Crippen MR) is 91.7 cm³/mol. The van der Waals surface area contributed by atoms with Crippen LogP contribution in [0.2, 0.25) is 0 Å². The third-order valence-corrected chi connectivity index (χ3v) is 5.14. The molecule has 2 aromatic heterocycles. The van der Waals surface area contributed by atoms with Crippen molar-refractivity contribution >= 4 is 11.8 Å². The molecule has 7 heteroatoms. The molecule has 0 amide bonds. The molecule has 2 aliphatic rings. The van der Waals surface area contributed by atoms with E-state index in [2.05, 4.69) is 31.0 Å². The van der Waals surface area contributed by atoms with Crippen molar-refractivity contribution in [2.24, 2.45) is 5.41 Å². The number of aromatic nitrogens is 4. The summed E-state index contributed by atoms with van der Waals surface area (Å²) in [7, 11) is 0. The highest BCUT2D eigenvalue weighted by Crippen LogP contribution is 2.47. The van der Waals surface area contributed by atoms with Crippen LogP contribution in [0.25, 0.3) is 0 Å². The average Bonchev–Trinajstić information content (AvgIpc) is 2.96. The molecule has 3 N–H and O–H groups in total. The smallest absolute Gasteiger partial charge is 0.222 e. The van der Waals surface area contributed by atoms with Crippen LogP contribution in [0.5, 0.6) is 0 Å². The van der Waals surface area contributed by atoms with Crippen LogP contribution in [-0.2, 0) is 11.3 Å². The molecule has 128 valence electrons. The van der Waals surface area contributed by atoms with Crippen molar-refractivity contribution in [3.05, 3.63) is 30.0 Å². The third kappa shape index (κ3) is 3.21. The van der Waals surface area contributed by atoms with Crippen LogP contribution < -0.4 is 11.1 Å². The Kier molecular flexibility index (Phi) is 3.88. The van der Waals surface area contributed by atoms with E-state index in [1.165, 1.54) is 12.8 Å². The van der Waals surface area contributed by atoms with Crippen LogP contribution >= 0.6 is 0 Å². The third-order valence-electron chi connectivity index (χ3n) is 5.14. The maximum absolute atomic E-state index is 5.90. The zero-order valence-electron chi connectivity index (χ0n) is 14.0. The number of nitrogens with one attached hydrogen (secondary N) is 1. The van der Waals surface area contributed by atoms with Crippen molar-refractivity contribution in [2.45, 2.75) is 38.6 Å². The second-order valence-electron chi connectivity index (χ2n) is 7.05. The van der Waals surface area contributed by atoms with Crippen molar-refractivity contribution in [3.8, 4) is 0 Å². The summed E-state index contributed by atoms with van der Waals surface area (Å²) in [4.78, 5) is 13.0. The van der Waals surface area contributed by atoms with E-state index in [9.17, 15) is 0 Å². The number of nitrogens with two attached hydrogens (primary N) is 1. The Labute approximate surface area is 141 Å². The molecule has 3 heterocycles. The standard InChI is InChI=1S/C17H24N6O/c1-12-19-5-6-23(12)11-17(3-4-17)10-20-15-8-14(21-16(18)22-15)13-2-7-24-9-13/h5-6,8,13H,2-4,7,9-11H2,1H3,(H3,18,20,21,22)/t13-/m1/s1. The first kappa shape index (κ1) is 15.4. The molecule has 2 fully saturated rings. The van der Waals surface area contributed by atoms with Crippen molar-refractivity contribution in [1.82, 2.24) is 19.5 Å². The summed E-state index contributed by atoms with van der Waals surface area (Å²) >= 11 is 0. The zero-order valence-corrected chi connectivity index (χ0v) is 14.0. The Morgan fingerprint density at radius 2 is 2.29 bits per heavy atom. The van der Waals surface area contributed by atoms with Crippen LogP contribution in [-0.4, -0.2) is 39.3 Å². The summed E-state index contributed by atoms with van der Waals surface area (Å²) in [6, 6.07) is 2.02. The lowest BCUT2D eigenvalue weighted by atomic mass is 10.0. The van der Waals surface area contributed by atoms with E-state index in [0.29, 0.717) is 17.3 Å². The normalized spacial score (nSPS) is 21.8. The fraction of sp³-hybridized carbons (Fsp3) is 0.588. The summed E-state index contributed by atoms with van der Waals surface area (Å²) < 4.78 is 7.68. The van der Waals surface area contributed by atoms with Crippen LogP contribution in [0, 0.1) is 12.3 Å². The van der Waals surface area contributed by atoms with Gasteiger partial charge in [-0.15, -0.1) is 0 Å². The minimum Gasteiger partial charge on any atom is -0.381 e. The van der Waals surface area contributed by atoms with Gasteiger partial charge < -0.3 is 20.4 Å². The number of nitrogen functional groups attached to an aromatic ring is 1. The Morgan fingerprint density at radius 1 is 1.42 bits per heavy atom. The fourth-order valence-corrected chi connectivity index (χ4v) is 3.33. The molecule has 0 spiro atoms. The van der Waals surface area contributed by atoms with Gasteiger partial charge in [0, 0.05) is 49.5 Å². The van der Waals surface area contributed by atoms with Gasteiger partial charge in [0.2, 0.25) is 5.95 Å². The van der Waals surface area contributed by atoms with Gasteiger partial charge >= 0.3 is 0 Å². The van der Waals surface area contributed by atoms with Gasteiger partial charge in [-0.2, -0.15) is 4.98 Å². The Morgan fingerprint density at radius 3 is 2.96 bits per heavy atom. The van der Waals surface area contributed by atoms with Gasteiger partial charge in [-0.05, 0) is 26.2 Å². The number of hydrogen-bond donors (Lipinski definition) is 2. The average molecular weight is 328 g/mol. The molecule has 1 aliphatic carbocycles. The first-order chi connectivity index (χ1) is 11.6.